The Morgan fingerprint density at radius 3 is 2.42 bits per heavy atom. The number of amides is 3. The molecule has 3 amide bonds. The van der Waals surface area contributed by atoms with E-state index >= 15 is 0 Å². The van der Waals surface area contributed by atoms with E-state index in [1.165, 1.54) is 4.90 Å². The van der Waals surface area contributed by atoms with Gasteiger partial charge in [-0.05, 0) is 43.7 Å². The van der Waals surface area contributed by atoms with Gasteiger partial charge in [-0.15, -0.1) is 0 Å². The maximum Gasteiger partial charge on any atom is 0.323 e. The van der Waals surface area contributed by atoms with E-state index in [2.05, 4.69) is 5.32 Å². The number of rotatable bonds is 9. The van der Waals surface area contributed by atoms with Crippen LogP contribution in [0.2, 0.25) is 0 Å². The molecular weight excluding hydrogens is 494 g/mol. The van der Waals surface area contributed by atoms with Gasteiger partial charge in [0.2, 0.25) is 17.7 Å². The van der Waals surface area contributed by atoms with Crippen molar-refractivity contribution in [1.82, 2.24) is 10.2 Å². The van der Waals surface area contributed by atoms with Crippen LogP contribution in [0.1, 0.15) is 50.5 Å². The lowest BCUT2D eigenvalue weighted by Gasteiger charge is -2.33. The topological polar surface area (TPSA) is 154 Å². The van der Waals surface area contributed by atoms with E-state index in [9.17, 15) is 34.2 Å². The summed E-state index contributed by atoms with van der Waals surface area (Å²) in [6.45, 7) is 1.12. The molecule has 11 heteroatoms. The van der Waals surface area contributed by atoms with Crippen LogP contribution in [0.3, 0.4) is 0 Å². The number of morpholine rings is 1. The molecule has 11 nitrogen and oxygen atoms in total. The van der Waals surface area contributed by atoms with Crippen LogP contribution < -0.4 is 10.2 Å². The summed E-state index contributed by atoms with van der Waals surface area (Å²) in [7, 11) is 0. The summed E-state index contributed by atoms with van der Waals surface area (Å²) in [6.07, 6.45) is 2.99. The summed E-state index contributed by atoms with van der Waals surface area (Å²) in [6, 6.07) is 6.14. The summed E-state index contributed by atoms with van der Waals surface area (Å²) in [5.41, 5.74) is 0.326. The SMILES string of the molecule is O=C(O)CN1C(=O)C(NC(=O)C2(CC(CC(=O)N3CCOCC3)C(=O)O)CCCC2)CCc2ccccc21. The van der Waals surface area contributed by atoms with Crippen LogP contribution in [0.4, 0.5) is 5.69 Å². The molecule has 1 aromatic carbocycles. The van der Waals surface area contributed by atoms with E-state index in [4.69, 9.17) is 4.74 Å². The highest BCUT2D eigenvalue weighted by atomic mass is 16.5. The average molecular weight is 530 g/mol. The third-order valence-electron chi connectivity index (χ3n) is 7.96. The van der Waals surface area contributed by atoms with Crippen LogP contribution in [-0.4, -0.2) is 83.7 Å². The molecule has 3 aliphatic rings. The number of carbonyl (C=O) groups excluding carboxylic acids is 3. The molecule has 1 aromatic rings. The molecule has 0 aromatic heterocycles. The smallest absolute Gasteiger partial charge is 0.323 e. The van der Waals surface area contributed by atoms with Crippen molar-refractivity contribution < 1.29 is 38.9 Å². The van der Waals surface area contributed by atoms with Crippen molar-refractivity contribution in [3.8, 4) is 0 Å². The van der Waals surface area contributed by atoms with Gasteiger partial charge in [-0.2, -0.15) is 0 Å². The number of aryl methyl sites for hydroxylation is 1. The molecule has 2 atom stereocenters. The first kappa shape index (κ1) is 27.6. The molecule has 2 aliphatic heterocycles. The number of anilines is 1. The fourth-order valence-corrected chi connectivity index (χ4v) is 5.91. The first-order valence-corrected chi connectivity index (χ1v) is 13.2. The van der Waals surface area contributed by atoms with Gasteiger partial charge in [-0.3, -0.25) is 28.9 Å². The molecule has 206 valence electrons. The Hall–Kier alpha value is -3.47. The molecule has 1 aliphatic carbocycles. The minimum absolute atomic E-state index is 0.00419. The second-order valence-electron chi connectivity index (χ2n) is 10.4. The van der Waals surface area contributed by atoms with E-state index in [-0.39, 0.29) is 18.7 Å². The molecule has 2 heterocycles. The van der Waals surface area contributed by atoms with Crippen LogP contribution in [0.25, 0.3) is 0 Å². The van der Waals surface area contributed by atoms with Crippen molar-refractivity contribution in [1.29, 1.82) is 0 Å². The van der Waals surface area contributed by atoms with E-state index in [1.54, 1.807) is 17.0 Å². The first-order chi connectivity index (χ1) is 18.2. The predicted octanol–water partition coefficient (Wildman–Crippen LogP) is 1.44. The molecule has 1 saturated carbocycles. The third-order valence-corrected chi connectivity index (χ3v) is 7.96. The highest BCUT2D eigenvalue weighted by Crippen LogP contribution is 2.44. The van der Waals surface area contributed by atoms with E-state index in [1.807, 2.05) is 12.1 Å². The van der Waals surface area contributed by atoms with E-state index < -0.39 is 47.7 Å². The minimum atomic E-state index is -1.17. The third kappa shape index (κ3) is 6.15. The molecule has 0 radical (unpaired) electrons. The van der Waals surface area contributed by atoms with Gasteiger partial charge in [-0.1, -0.05) is 31.0 Å². The van der Waals surface area contributed by atoms with Crippen molar-refractivity contribution in [2.24, 2.45) is 11.3 Å². The van der Waals surface area contributed by atoms with Gasteiger partial charge in [0.1, 0.15) is 12.6 Å². The standard InChI is InChI=1S/C27H35N3O8/c31-22(29-11-13-38-14-12-29)15-19(25(35)36)16-27(9-3-4-10-27)26(37)28-20-8-7-18-5-1-2-6-21(18)30(24(20)34)17-23(32)33/h1-2,5-6,19-20H,3-4,7-17H2,(H,28,37)(H,32,33)(H,35,36). The fourth-order valence-electron chi connectivity index (χ4n) is 5.91. The number of para-hydroxylation sites is 1. The molecule has 0 bridgehead atoms. The monoisotopic (exact) mass is 529 g/mol. The lowest BCUT2D eigenvalue weighted by Crippen LogP contribution is -2.53. The van der Waals surface area contributed by atoms with Crippen molar-refractivity contribution in [2.75, 3.05) is 37.7 Å². The maximum absolute atomic E-state index is 13.7. The Bertz CT molecular complexity index is 1080. The van der Waals surface area contributed by atoms with Crippen LogP contribution >= 0.6 is 0 Å². The van der Waals surface area contributed by atoms with Crippen LogP contribution in [-0.2, 0) is 35.1 Å². The number of ether oxygens (including phenoxy) is 1. The molecular formula is C27H35N3O8. The van der Waals surface area contributed by atoms with Crippen molar-refractivity contribution >= 4 is 35.3 Å². The molecule has 2 fully saturated rings. The lowest BCUT2D eigenvalue weighted by atomic mass is 9.75. The highest BCUT2D eigenvalue weighted by molar-refractivity contribution is 6.03. The number of carboxylic acid groups (broad SMARTS) is 2. The maximum atomic E-state index is 13.7. The number of nitrogens with zero attached hydrogens (tertiary/aromatic N) is 2. The molecule has 4 rings (SSSR count). The molecule has 1 saturated heterocycles. The summed E-state index contributed by atoms with van der Waals surface area (Å²) >= 11 is 0. The van der Waals surface area contributed by atoms with E-state index in [0.717, 1.165) is 18.4 Å². The number of hydrogen-bond donors (Lipinski definition) is 3. The number of fused-ring (bicyclic) bond motifs is 1. The number of carboxylic acids is 2. The zero-order valence-corrected chi connectivity index (χ0v) is 21.4. The van der Waals surface area contributed by atoms with Gasteiger partial charge in [0.05, 0.1) is 24.5 Å². The summed E-state index contributed by atoms with van der Waals surface area (Å²) in [4.78, 5) is 66.5. The van der Waals surface area contributed by atoms with Crippen molar-refractivity contribution in [3.63, 3.8) is 0 Å². The molecule has 0 spiro atoms. The van der Waals surface area contributed by atoms with Gasteiger partial charge >= 0.3 is 11.9 Å². The highest BCUT2D eigenvalue weighted by Gasteiger charge is 2.46. The van der Waals surface area contributed by atoms with Crippen molar-refractivity contribution in [2.45, 2.75) is 57.4 Å². The zero-order chi connectivity index (χ0) is 27.3. The van der Waals surface area contributed by atoms with Crippen LogP contribution in [0, 0.1) is 11.3 Å². The predicted molar refractivity (Wildman–Crippen MR) is 135 cm³/mol. The Balaban J connectivity index is 1.50. The van der Waals surface area contributed by atoms with Gasteiger partial charge in [0.25, 0.3) is 0 Å². The van der Waals surface area contributed by atoms with Gasteiger partial charge < -0.3 is 25.2 Å². The fraction of sp³-hybridized carbons (Fsp3) is 0.593. The average Bonchev–Trinajstić information content (AvgIpc) is 3.34. The molecule has 2 unspecified atom stereocenters. The normalized spacial score (nSPS) is 21.8. The zero-order valence-electron chi connectivity index (χ0n) is 21.4. The Kier molecular flexibility index (Phi) is 8.65. The van der Waals surface area contributed by atoms with Crippen LogP contribution in [0.15, 0.2) is 24.3 Å². The Morgan fingerprint density at radius 1 is 1.08 bits per heavy atom. The summed E-state index contributed by atoms with van der Waals surface area (Å²) in [5.74, 6) is -4.50. The Labute approximate surface area is 221 Å². The number of hydrogen-bond acceptors (Lipinski definition) is 6. The number of carbonyl (C=O) groups is 5. The second kappa shape index (κ2) is 11.9. The minimum Gasteiger partial charge on any atom is -0.481 e. The van der Waals surface area contributed by atoms with Crippen molar-refractivity contribution in [3.05, 3.63) is 29.8 Å². The number of nitrogens with one attached hydrogen (secondary N) is 1. The molecule has 3 N–H and O–H groups in total. The second-order valence-corrected chi connectivity index (χ2v) is 10.4. The van der Waals surface area contributed by atoms with Crippen LogP contribution in [0.5, 0.6) is 0 Å². The lowest BCUT2D eigenvalue weighted by molar-refractivity contribution is -0.150. The summed E-state index contributed by atoms with van der Waals surface area (Å²) in [5, 5.41) is 22.2. The molecule has 38 heavy (non-hydrogen) atoms. The largest absolute Gasteiger partial charge is 0.481 e. The summed E-state index contributed by atoms with van der Waals surface area (Å²) < 4.78 is 5.27. The van der Waals surface area contributed by atoms with Gasteiger partial charge in [0.15, 0.2) is 0 Å². The first-order valence-electron chi connectivity index (χ1n) is 13.2. The number of aliphatic carboxylic acids is 2. The van der Waals surface area contributed by atoms with Gasteiger partial charge in [-0.25, -0.2) is 0 Å². The van der Waals surface area contributed by atoms with E-state index in [0.29, 0.717) is 57.7 Å². The number of benzene rings is 1. The van der Waals surface area contributed by atoms with Gasteiger partial charge in [0, 0.05) is 25.2 Å². The quantitative estimate of drug-likeness (QED) is 0.434. The Morgan fingerprint density at radius 2 is 1.76 bits per heavy atom.